The first kappa shape index (κ1) is 12.7. The molecule has 0 saturated carbocycles. The summed E-state index contributed by atoms with van der Waals surface area (Å²) < 4.78 is 3.29. The molecule has 1 aromatic heterocycles. The van der Waals surface area contributed by atoms with Crippen LogP contribution in [0.2, 0.25) is 0 Å². The number of hydrogen-bond acceptors (Lipinski definition) is 3. The lowest BCUT2D eigenvalue weighted by molar-refractivity contribution is 0.560. The Hall–Kier alpha value is -1.33. The van der Waals surface area contributed by atoms with Crippen molar-refractivity contribution in [3.05, 3.63) is 46.5 Å². The second kappa shape index (κ2) is 4.98. The van der Waals surface area contributed by atoms with Crippen molar-refractivity contribution in [2.24, 2.45) is 5.73 Å². The Morgan fingerprint density at radius 2 is 2.21 bits per heavy atom. The number of rotatable bonds is 2. The molecule has 1 atom stereocenters. The molecule has 2 heterocycles. The SMILES string of the molecule is CC(N)c1ccc(N2CCn3ccnc3C2)cc1Br. The van der Waals surface area contributed by atoms with Gasteiger partial charge in [-0.15, -0.1) is 0 Å². The maximum Gasteiger partial charge on any atom is 0.128 e. The van der Waals surface area contributed by atoms with Crippen molar-refractivity contribution in [3.8, 4) is 0 Å². The lowest BCUT2D eigenvalue weighted by Crippen LogP contribution is -2.33. The van der Waals surface area contributed by atoms with Gasteiger partial charge >= 0.3 is 0 Å². The van der Waals surface area contributed by atoms with E-state index in [0.29, 0.717) is 0 Å². The second-order valence-corrected chi connectivity index (χ2v) is 5.81. The number of aromatic nitrogens is 2. The van der Waals surface area contributed by atoms with Crippen LogP contribution in [-0.4, -0.2) is 16.1 Å². The summed E-state index contributed by atoms with van der Waals surface area (Å²) in [6, 6.07) is 6.44. The van der Waals surface area contributed by atoms with Crippen LogP contribution < -0.4 is 10.6 Å². The van der Waals surface area contributed by atoms with E-state index in [2.05, 4.69) is 48.6 Å². The molecule has 0 bridgehead atoms. The van der Waals surface area contributed by atoms with E-state index in [9.17, 15) is 0 Å². The molecule has 19 heavy (non-hydrogen) atoms. The molecule has 5 heteroatoms. The summed E-state index contributed by atoms with van der Waals surface area (Å²) in [6.07, 6.45) is 3.91. The van der Waals surface area contributed by atoms with E-state index in [0.717, 1.165) is 35.5 Å². The van der Waals surface area contributed by atoms with Crippen LogP contribution in [0.3, 0.4) is 0 Å². The zero-order valence-corrected chi connectivity index (χ0v) is 12.5. The molecule has 0 spiro atoms. The molecule has 1 aromatic carbocycles. The highest BCUT2D eigenvalue weighted by molar-refractivity contribution is 9.10. The maximum atomic E-state index is 5.94. The lowest BCUT2D eigenvalue weighted by Gasteiger charge is -2.30. The highest BCUT2D eigenvalue weighted by Gasteiger charge is 2.17. The first-order valence-electron chi connectivity index (χ1n) is 6.45. The summed E-state index contributed by atoms with van der Waals surface area (Å²) in [5.41, 5.74) is 8.29. The minimum atomic E-state index is 0.0451. The molecule has 0 amide bonds. The van der Waals surface area contributed by atoms with Crippen molar-refractivity contribution in [1.82, 2.24) is 9.55 Å². The molecule has 1 aliphatic heterocycles. The summed E-state index contributed by atoms with van der Waals surface area (Å²) in [6.45, 7) is 4.85. The number of hydrogen-bond donors (Lipinski definition) is 1. The number of nitrogens with zero attached hydrogens (tertiary/aromatic N) is 3. The van der Waals surface area contributed by atoms with Gasteiger partial charge in [0.15, 0.2) is 0 Å². The van der Waals surface area contributed by atoms with Crippen molar-refractivity contribution < 1.29 is 0 Å². The van der Waals surface area contributed by atoms with Gasteiger partial charge in [-0.25, -0.2) is 4.98 Å². The van der Waals surface area contributed by atoms with Gasteiger partial charge in [-0.05, 0) is 24.6 Å². The molecule has 1 unspecified atom stereocenters. The van der Waals surface area contributed by atoms with E-state index >= 15 is 0 Å². The zero-order chi connectivity index (χ0) is 13.4. The van der Waals surface area contributed by atoms with Gasteiger partial charge in [0.1, 0.15) is 5.82 Å². The number of anilines is 1. The Morgan fingerprint density at radius 1 is 1.37 bits per heavy atom. The maximum absolute atomic E-state index is 5.94. The smallest absolute Gasteiger partial charge is 0.128 e. The predicted octanol–water partition coefficient (Wildman–Crippen LogP) is 2.69. The third kappa shape index (κ3) is 2.40. The lowest BCUT2D eigenvalue weighted by atomic mass is 10.1. The standard InChI is InChI=1S/C14H17BrN4/c1-10(16)12-3-2-11(8-13(12)15)19-7-6-18-5-4-17-14(18)9-19/h2-5,8,10H,6-7,9,16H2,1H3. The van der Waals surface area contributed by atoms with E-state index < -0.39 is 0 Å². The number of fused-ring (bicyclic) bond motifs is 1. The van der Waals surface area contributed by atoms with Crippen LogP contribution >= 0.6 is 15.9 Å². The monoisotopic (exact) mass is 320 g/mol. The van der Waals surface area contributed by atoms with Crippen LogP contribution in [0.25, 0.3) is 0 Å². The zero-order valence-electron chi connectivity index (χ0n) is 10.9. The van der Waals surface area contributed by atoms with Crippen LogP contribution in [0, 0.1) is 0 Å². The van der Waals surface area contributed by atoms with E-state index in [1.54, 1.807) is 0 Å². The third-order valence-electron chi connectivity index (χ3n) is 3.58. The fraction of sp³-hybridized carbons (Fsp3) is 0.357. The Morgan fingerprint density at radius 3 is 2.95 bits per heavy atom. The fourth-order valence-corrected chi connectivity index (χ4v) is 3.20. The van der Waals surface area contributed by atoms with E-state index in [1.807, 2.05) is 19.3 Å². The summed E-state index contributed by atoms with van der Waals surface area (Å²) in [5, 5.41) is 0. The number of imidazole rings is 1. The van der Waals surface area contributed by atoms with Gasteiger partial charge in [0.25, 0.3) is 0 Å². The molecular formula is C14H17BrN4. The minimum absolute atomic E-state index is 0.0451. The minimum Gasteiger partial charge on any atom is -0.362 e. The molecule has 0 aliphatic carbocycles. The highest BCUT2D eigenvalue weighted by atomic mass is 79.9. The molecule has 3 rings (SSSR count). The van der Waals surface area contributed by atoms with Gasteiger partial charge in [-0.2, -0.15) is 0 Å². The van der Waals surface area contributed by atoms with Crippen LogP contribution in [0.4, 0.5) is 5.69 Å². The molecular weight excluding hydrogens is 304 g/mol. The van der Waals surface area contributed by atoms with Crippen molar-refractivity contribution in [3.63, 3.8) is 0 Å². The molecule has 0 radical (unpaired) electrons. The van der Waals surface area contributed by atoms with Gasteiger partial charge in [0.2, 0.25) is 0 Å². The van der Waals surface area contributed by atoms with Gasteiger partial charge in [0.05, 0.1) is 6.54 Å². The summed E-state index contributed by atoms with van der Waals surface area (Å²) in [4.78, 5) is 6.74. The summed E-state index contributed by atoms with van der Waals surface area (Å²) in [5.74, 6) is 1.12. The molecule has 2 aromatic rings. The van der Waals surface area contributed by atoms with Crippen molar-refractivity contribution >= 4 is 21.6 Å². The number of benzene rings is 1. The third-order valence-corrected chi connectivity index (χ3v) is 4.27. The van der Waals surface area contributed by atoms with E-state index in [-0.39, 0.29) is 6.04 Å². The van der Waals surface area contributed by atoms with Crippen LogP contribution in [0.5, 0.6) is 0 Å². The molecule has 2 N–H and O–H groups in total. The Bertz CT molecular complexity index is 591. The average Bonchev–Trinajstić information content (AvgIpc) is 2.85. The first-order valence-corrected chi connectivity index (χ1v) is 7.24. The van der Waals surface area contributed by atoms with Gasteiger partial charge in [-0.1, -0.05) is 22.0 Å². The number of nitrogens with two attached hydrogens (primary N) is 1. The van der Waals surface area contributed by atoms with Crippen LogP contribution in [-0.2, 0) is 13.1 Å². The molecule has 0 fully saturated rings. The first-order chi connectivity index (χ1) is 9.15. The predicted molar refractivity (Wildman–Crippen MR) is 80.0 cm³/mol. The fourth-order valence-electron chi connectivity index (χ4n) is 2.48. The molecule has 1 aliphatic rings. The quantitative estimate of drug-likeness (QED) is 0.925. The van der Waals surface area contributed by atoms with Gasteiger partial charge in [0, 0.05) is 41.7 Å². The summed E-state index contributed by atoms with van der Waals surface area (Å²) >= 11 is 3.61. The topological polar surface area (TPSA) is 47.1 Å². The van der Waals surface area contributed by atoms with Crippen LogP contribution in [0.1, 0.15) is 24.4 Å². The normalized spacial score (nSPS) is 16.3. The average molecular weight is 321 g/mol. The van der Waals surface area contributed by atoms with Crippen molar-refractivity contribution in [1.29, 1.82) is 0 Å². The summed E-state index contributed by atoms with van der Waals surface area (Å²) in [7, 11) is 0. The molecule has 0 saturated heterocycles. The van der Waals surface area contributed by atoms with Crippen molar-refractivity contribution in [2.45, 2.75) is 26.1 Å². The second-order valence-electron chi connectivity index (χ2n) is 4.95. The number of halogens is 1. The van der Waals surface area contributed by atoms with Crippen LogP contribution in [0.15, 0.2) is 35.1 Å². The largest absolute Gasteiger partial charge is 0.362 e. The van der Waals surface area contributed by atoms with Gasteiger partial charge in [-0.3, -0.25) is 0 Å². The highest BCUT2D eigenvalue weighted by Crippen LogP contribution is 2.29. The Labute approximate surface area is 121 Å². The Kier molecular flexibility index (Phi) is 3.33. The van der Waals surface area contributed by atoms with Crippen molar-refractivity contribution in [2.75, 3.05) is 11.4 Å². The Balaban J connectivity index is 1.86. The van der Waals surface area contributed by atoms with E-state index in [4.69, 9.17) is 5.73 Å². The molecule has 100 valence electrons. The van der Waals surface area contributed by atoms with E-state index in [1.165, 1.54) is 5.69 Å². The van der Waals surface area contributed by atoms with Gasteiger partial charge < -0.3 is 15.2 Å². The molecule has 4 nitrogen and oxygen atoms in total.